The molecule has 0 bridgehead atoms. The lowest BCUT2D eigenvalue weighted by Crippen LogP contribution is -2.38. The predicted molar refractivity (Wildman–Crippen MR) is 269 cm³/mol. The molecule has 0 aliphatic heterocycles. The third-order valence-electron chi connectivity index (χ3n) is 12.3. The van der Waals surface area contributed by atoms with Crippen molar-refractivity contribution in [3.05, 3.63) is 18.2 Å². The molecule has 0 aliphatic rings. The lowest BCUT2D eigenvalue weighted by atomic mass is 9.76. The van der Waals surface area contributed by atoms with E-state index < -0.39 is 17.4 Å². The van der Waals surface area contributed by atoms with Crippen LogP contribution in [0.3, 0.4) is 0 Å². The van der Waals surface area contributed by atoms with E-state index >= 15 is 0 Å². The number of ether oxygens (including phenoxy) is 4. The quantitative estimate of drug-likeness (QED) is 0.0456. The Labute approximate surface area is 414 Å². The van der Waals surface area contributed by atoms with E-state index in [9.17, 15) is 33.6 Å². The number of aromatic amines is 1. The predicted octanol–water partition coefficient (Wildman–Crippen LogP) is 7.86. The molecule has 0 spiro atoms. The van der Waals surface area contributed by atoms with Crippen LogP contribution in [-0.4, -0.2) is 123 Å². The highest BCUT2D eigenvalue weighted by molar-refractivity contribution is 5.95. The van der Waals surface area contributed by atoms with E-state index in [0.29, 0.717) is 70.6 Å². The van der Waals surface area contributed by atoms with E-state index in [1.807, 2.05) is 0 Å². The minimum absolute atomic E-state index is 0.0441. The highest BCUT2D eigenvalue weighted by atomic mass is 16.5. The van der Waals surface area contributed by atoms with Crippen molar-refractivity contribution in [3.63, 3.8) is 0 Å². The normalized spacial score (nSPS) is 12.4. The molecule has 0 unspecified atom stereocenters. The van der Waals surface area contributed by atoms with Gasteiger partial charge in [-0.25, -0.2) is 4.98 Å². The van der Waals surface area contributed by atoms with Crippen LogP contribution in [0.2, 0.25) is 0 Å². The lowest BCUT2D eigenvalue weighted by molar-refractivity contribution is -0.136. The van der Waals surface area contributed by atoms with Gasteiger partial charge in [-0.3, -0.25) is 28.8 Å². The number of aromatic nitrogens is 2. The number of hydrogen-bond donors (Lipinski definition) is 4. The second kappa shape index (κ2) is 42.0. The summed E-state index contributed by atoms with van der Waals surface area (Å²) in [6.45, 7) is 9.28. The standard InChI is InChI=1S/C53H93N5O11/c1-5-6-7-8-9-10-11-12-13-14-15-16-17-18-19-24-46(60)25-22-30-66-32-34-68-41-52(65)57-29-31-67-33-35-69-40-51(64)56-28-21-20-23-44(48(61)27-26-43(2)59)36-50(63)53(3,4)38-49(62)47(54)37-45-39-55-42-58-45/h39,42,44,47H,5-38,40-41,54H2,1-4H3,(H,55,58)(H,56,64)(H,57,65)/t44-,47+/m1/s1. The van der Waals surface area contributed by atoms with E-state index in [1.54, 1.807) is 20.0 Å². The van der Waals surface area contributed by atoms with Crippen LogP contribution in [0.5, 0.6) is 0 Å². The van der Waals surface area contributed by atoms with Crippen molar-refractivity contribution in [2.45, 2.75) is 201 Å². The Morgan fingerprint density at radius 1 is 0.623 bits per heavy atom. The van der Waals surface area contributed by atoms with Crippen molar-refractivity contribution in [2.75, 3.05) is 65.9 Å². The summed E-state index contributed by atoms with van der Waals surface area (Å²) in [5.74, 6) is -1.62. The van der Waals surface area contributed by atoms with Crippen LogP contribution < -0.4 is 16.4 Å². The van der Waals surface area contributed by atoms with Crippen molar-refractivity contribution in [2.24, 2.45) is 17.1 Å². The van der Waals surface area contributed by atoms with Gasteiger partial charge in [0.15, 0.2) is 5.78 Å². The maximum absolute atomic E-state index is 13.4. The van der Waals surface area contributed by atoms with Gasteiger partial charge >= 0.3 is 0 Å². The third-order valence-corrected chi connectivity index (χ3v) is 12.3. The van der Waals surface area contributed by atoms with Crippen molar-refractivity contribution in [1.29, 1.82) is 0 Å². The Balaban J connectivity index is 2.03. The zero-order chi connectivity index (χ0) is 50.8. The summed E-state index contributed by atoms with van der Waals surface area (Å²) in [7, 11) is 0. The molecule has 69 heavy (non-hydrogen) atoms. The van der Waals surface area contributed by atoms with Gasteiger partial charge in [0.25, 0.3) is 0 Å². The number of imidazole rings is 1. The largest absolute Gasteiger partial charge is 0.379 e. The smallest absolute Gasteiger partial charge is 0.246 e. The van der Waals surface area contributed by atoms with E-state index in [0.717, 1.165) is 18.5 Å². The molecule has 0 radical (unpaired) electrons. The maximum atomic E-state index is 13.4. The fraction of sp³-hybridized carbons (Fsp3) is 0.811. The van der Waals surface area contributed by atoms with Crippen LogP contribution in [0.4, 0.5) is 0 Å². The SMILES string of the molecule is CCCCCCCCCCCCCCCCCC(=O)CCCOCCOCC(=O)NCCOCCOCC(=O)NCCCC[C@H](CC(=O)C(C)(C)CC(=O)[C@@H](N)Cc1cnc[nH]1)C(=O)CCC(C)=O. The minimum Gasteiger partial charge on any atom is -0.379 e. The van der Waals surface area contributed by atoms with Crippen molar-refractivity contribution in [3.8, 4) is 0 Å². The number of unbranched alkanes of at least 4 members (excludes halogenated alkanes) is 15. The molecule has 0 aliphatic carbocycles. The molecule has 0 aromatic carbocycles. The molecule has 0 fully saturated rings. The molecule has 0 saturated carbocycles. The Hall–Kier alpha value is -3.70. The van der Waals surface area contributed by atoms with Gasteiger partial charge in [-0.1, -0.05) is 117 Å². The van der Waals surface area contributed by atoms with Crippen LogP contribution in [0.1, 0.15) is 194 Å². The molecule has 2 amide bonds. The number of nitrogens with one attached hydrogen (secondary N) is 3. The van der Waals surface area contributed by atoms with E-state index in [2.05, 4.69) is 27.5 Å². The second-order valence-corrected chi connectivity index (χ2v) is 19.3. The molecule has 0 saturated heterocycles. The van der Waals surface area contributed by atoms with Gasteiger partial charge in [-0.15, -0.1) is 0 Å². The van der Waals surface area contributed by atoms with Gasteiger partial charge in [0, 0.05) is 87.9 Å². The van der Waals surface area contributed by atoms with Gasteiger partial charge in [-0.05, 0) is 32.6 Å². The third kappa shape index (κ3) is 36.8. The van der Waals surface area contributed by atoms with Crippen molar-refractivity contribution in [1.82, 2.24) is 20.6 Å². The van der Waals surface area contributed by atoms with Crippen molar-refractivity contribution >= 4 is 40.7 Å². The highest BCUT2D eigenvalue weighted by Crippen LogP contribution is 2.29. The second-order valence-electron chi connectivity index (χ2n) is 19.3. The summed E-state index contributed by atoms with van der Waals surface area (Å²) >= 11 is 0. The number of hydrogen-bond acceptors (Lipinski definition) is 13. The molecule has 5 N–H and O–H groups in total. The summed E-state index contributed by atoms with van der Waals surface area (Å²) in [6, 6.07) is -0.797. The fourth-order valence-electron chi connectivity index (χ4n) is 7.86. The Morgan fingerprint density at radius 3 is 1.72 bits per heavy atom. The first kappa shape index (κ1) is 63.3. The molecule has 2 atom stereocenters. The average Bonchev–Trinajstić information content (AvgIpc) is 3.83. The first-order valence-corrected chi connectivity index (χ1v) is 26.4. The molecule has 396 valence electrons. The maximum Gasteiger partial charge on any atom is 0.246 e. The first-order valence-electron chi connectivity index (χ1n) is 26.4. The lowest BCUT2D eigenvalue weighted by Gasteiger charge is -2.26. The zero-order valence-electron chi connectivity index (χ0n) is 43.3. The molecule has 1 aromatic heterocycles. The van der Waals surface area contributed by atoms with Crippen LogP contribution in [-0.2, 0) is 58.9 Å². The monoisotopic (exact) mass is 976 g/mol. The minimum atomic E-state index is -1.03. The number of carbonyl (C=O) groups is 7. The molecular formula is C53H93N5O11. The van der Waals surface area contributed by atoms with Gasteiger partial charge < -0.3 is 45.1 Å². The molecule has 16 nitrogen and oxygen atoms in total. The van der Waals surface area contributed by atoms with Gasteiger partial charge in [0.2, 0.25) is 11.8 Å². The molecule has 16 heteroatoms. The fourth-order valence-corrected chi connectivity index (χ4v) is 7.86. The van der Waals surface area contributed by atoms with Crippen molar-refractivity contribution < 1.29 is 52.5 Å². The topological polar surface area (TPSA) is 235 Å². The number of ketones is 5. The first-order chi connectivity index (χ1) is 33.2. The number of H-pyrrole nitrogens is 1. The zero-order valence-corrected chi connectivity index (χ0v) is 43.3. The Bertz CT molecular complexity index is 1540. The summed E-state index contributed by atoms with van der Waals surface area (Å²) in [4.78, 5) is 94.3. The number of nitrogens with two attached hydrogens (primary N) is 1. The Kier molecular flexibility index (Phi) is 38.6. The molecule has 1 heterocycles. The van der Waals surface area contributed by atoms with Crippen LogP contribution in [0, 0.1) is 11.3 Å². The summed E-state index contributed by atoms with van der Waals surface area (Å²) < 4.78 is 21.8. The number of Topliss-reactive ketones (excluding diaryl/α,β-unsaturated/α-hetero) is 5. The van der Waals surface area contributed by atoms with Crippen LogP contribution >= 0.6 is 0 Å². The van der Waals surface area contributed by atoms with Crippen LogP contribution in [0.15, 0.2) is 12.5 Å². The Morgan fingerprint density at radius 2 is 1.16 bits per heavy atom. The molecule has 1 aromatic rings. The highest BCUT2D eigenvalue weighted by Gasteiger charge is 2.35. The number of carbonyl (C=O) groups excluding carboxylic acids is 7. The van der Waals surface area contributed by atoms with Gasteiger partial charge in [0.1, 0.15) is 36.3 Å². The molecular weight excluding hydrogens is 883 g/mol. The number of rotatable bonds is 50. The van der Waals surface area contributed by atoms with E-state index in [-0.39, 0.29) is 107 Å². The summed E-state index contributed by atoms with van der Waals surface area (Å²) in [5, 5.41) is 5.50. The van der Waals surface area contributed by atoms with E-state index in [1.165, 1.54) is 96.7 Å². The van der Waals surface area contributed by atoms with E-state index in [4.69, 9.17) is 24.7 Å². The van der Waals surface area contributed by atoms with Gasteiger partial charge in [0.05, 0.1) is 45.4 Å². The average molecular weight is 976 g/mol. The molecule has 1 rings (SSSR count). The summed E-state index contributed by atoms with van der Waals surface area (Å²) in [5.41, 5.74) is 5.80. The summed E-state index contributed by atoms with van der Waals surface area (Å²) in [6.07, 6.45) is 26.5. The number of nitrogens with zero attached hydrogens (tertiary/aromatic N) is 1. The van der Waals surface area contributed by atoms with Gasteiger partial charge in [-0.2, -0.15) is 0 Å². The van der Waals surface area contributed by atoms with Crippen LogP contribution in [0.25, 0.3) is 0 Å². The number of amides is 2.